The molecule has 0 saturated heterocycles. The van der Waals surface area contributed by atoms with Gasteiger partial charge < -0.3 is 4.90 Å². The lowest BCUT2D eigenvalue weighted by molar-refractivity contribution is -0.117. The molecule has 8 heteroatoms. The van der Waals surface area contributed by atoms with Gasteiger partial charge in [0.15, 0.2) is 0 Å². The molecule has 0 aromatic heterocycles. The molecule has 5 nitrogen and oxygen atoms in total. The van der Waals surface area contributed by atoms with Crippen molar-refractivity contribution in [3.8, 4) is 0 Å². The van der Waals surface area contributed by atoms with Crippen LogP contribution in [0.4, 0.5) is 11.4 Å². The molecule has 1 aliphatic rings. The summed E-state index contributed by atoms with van der Waals surface area (Å²) in [5, 5.41) is 0.330. The van der Waals surface area contributed by atoms with Crippen molar-refractivity contribution in [2.24, 2.45) is 0 Å². The Bertz CT molecular complexity index is 931. The molecule has 0 aliphatic carbocycles. The third kappa shape index (κ3) is 3.61. The topological polar surface area (TPSA) is 57.7 Å². The van der Waals surface area contributed by atoms with E-state index in [9.17, 15) is 13.2 Å². The first-order chi connectivity index (χ1) is 11.8. The summed E-state index contributed by atoms with van der Waals surface area (Å²) in [6, 6.07) is 12.3. The molecule has 3 rings (SSSR count). The second-order valence-electron chi connectivity index (χ2n) is 5.77. The summed E-state index contributed by atoms with van der Waals surface area (Å²) in [7, 11) is -3.72. The van der Waals surface area contributed by atoms with Gasteiger partial charge in [-0.15, -0.1) is 0 Å². The SMILES string of the molecule is CS(=O)(=O)N(CC(=O)N1CCc2ccccc21)c1cccc(Cl)c1Cl. The number of carbonyl (C=O) groups is 1. The molecule has 1 amide bonds. The van der Waals surface area contributed by atoms with Crippen molar-refractivity contribution < 1.29 is 13.2 Å². The second kappa shape index (κ2) is 6.86. The monoisotopic (exact) mass is 398 g/mol. The number of sulfonamides is 1. The summed E-state index contributed by atoms with van der Waals surface area (Å²) in [6.45, 7) is 0.187. The number of para-hydroxylation sites is 1. The van der Waals surface area contributed by atoms with E-state index in [-0.39, 0.29) is 28.2 Å². The van der Waals surface area contributed by atoms with Crippen molar-refractivity contribution >= 4 is 50.5 Å². The Kier molecular flexibility index (Phi) is 4.95. The van der Waals surface area contributed by atoms with Gasteiger partial charge in [-0.25, -0.2) is 8.42 Å². The third-order valence-corrected chi connectivity index (χ3v) is 6.00. The first-order valence-corrected chi connectivity index (χ1v) is 10.2. The zero-order valence-corrected chi connectivity index (χ0v) is 15.8. The van der Waals surface area contributed by atoms with Crippen LogP contribution in [-0.4, -0.2) is 33.7 Å². The van der Waals surface area contributed by atoms with E-state index in [1.807, 2.05) is 24.3 Å². The Morgan fingerprint density at radius 1 is 1.16 bits per heavy atom. The number of fused-ring (bicyclic) bond motifs is 1. The molecule has 1 heterocycles. The van der Waals surface area contributed by atoms with E-state index in [2.05, 4.69) is 0 Å². The summed E-state index contributed by atoms with van der Waals surface area (Å²) in [5.74, 6) is -0.314. The average molecular weight is 399 g/mol. The second-order valence-corrected chi connectivity index (χ2v) is 8.46. The minimum atomic E-state index is -3.72. The van der Waals surface area contributed by atoms with Crippen molar-refractivity contribution in [3.05, 3.63) is 58.1 Å². The molecule has 25 heavy (non-hydrogen) atoms. The number of rotatable bonds is 4. The summed E-state index contributed by atoms with van der Waals surface area (Å²) < 4.78 is 25.5. The quantitative estimate of drug-likeness (QED) is 0.793. The highest BCUT2D eigenvalue weighted by atomic mass is 35.5. The third-order valence-electron chi connectivity index (χ3n) is 4.07. The Balaban J connectivity index is 1.92. The standard InChI is InChI=1S/C17H16Cl2N2O3S/c1-25(23,24)21(15-8-4-6-13(18)17(15)19)11-16(22)20-10-9-12-5-2-3-7-14(12)20/h2-8H,9-11H2,1H3. The Morgan fingerprint density at radius 2 is 1.88 bits per heavy atom. The van der Waals surface area contributed by atoms with E-state index in [4.69, 9.17) is 23.2 Å². The molecule has 0 N–H and O–H groups in total. The van der Waals surface area contributed by atoms with Crippen LogP contribution in [0.15, 0.2) is 42.5 Å². The molecular formula is C17H16Cl2N2O3S. The van der Waals surface area contributed by atoms with Crippen LogP contribution in [0, 0.1) is 0 Å². The molecule has 2 aromatic carbocycles. The molecule has 0 radical (unpaired) electrons. The average Bonchev–Trinajstić information content (AvgIpc) is 2.98. The summed E-state index contributed by atoms with van der Waals surface area (Å²) in [6.07, 6.45) is 1.79. The van der Waals surface area contributed by atoms with Crippen LogP contribution in [-0.2, 0) is 21.2 Å². The van der Waals surface area contributed by atoms with Gasteiger partial charge in [0.2, 0.25) is 15.9 Å². The number of benzene rings is 2. The Hall–Kier alpha value is -1.76. The van der Waals surface area contributed by atoms with Crippen molar-refractivity contribution in [2.45, 2.75) is 6.42 Å². The summed E-state index contributed by atoms with van der Waals surface area (Å²) in [5.41, 5.74) is 2.08. The highest BCUT2D eigenvalue weighted by Gasteiger charge is 2.29. The van der Waals surface area contributed by atoms with E-state index in [1.54, 1.807) is 17.0 Å². The van der Waals surface area contributed by atoms with Gasteiger partial charge in [-0.05, 0) is 30.2 Å². The maximum Gasteiger partial charge on any atom is 0.247 e. The van der Waals surface area contributed by atoms with Gasteiger partial charge in [0, 0.05) is 12.2 Å². The van der Waals surface area contributed by atoms with Gasteiger partial charge >= 0.3 is 0 Å². The molecule has 0 fully saturated rings. The number of amides is 1. The highest BCUT2D eigenvalue weighted by Crippen LogP contribution is 2.34. The normalized spacial score (nSPS) is 13.6. The number of anilines is 2. The number of hydrogen-bond donors (Lipinski definition) is 0. The van der Waals surface area contributed by atoms with E-state index in [1.165, 1.54) is 6.07 Å². The van der Waals surface area contributed by atoms with E-state index >= 15 is 0 Å². The van der Waals surface area contributed by atoms with E-state index < -0.39 is 10.0 Å². The maximum atomic E-state index is 12.8. The lowest BCUT2D eigenvalue weighted by Gasteiger charge is -2.26. The minimum absolute atomic E-state index is 0.101. The first kappa shape index (κ1) is 18.0. The molecule has 0 unspecified atom stereocenters. The van der Waals surface area contributed by atoms with Crippen LogP contribution in [0.3, 0.4) is 0 Å². The zero-order chi connectivity index (χ0) is 18.2. The van der Waals surface area contributed by atoms with Crippen LogP contribution in [0.25, 0.3) is 0 Å². The summed E-state index contributed by atoms with van der Waals surface area (Å²) in [4.78, 5) is 14.4. The highest BCUT2D eigenvalue weighted by molar-refractivity contribution is 7.92. The van der Waals surface area contributed by atoms with E-state index in [0.717, 1.165) is 28.2 Å². The fourth-order valence-electron chi connectivity index (χ4n) is 2.87. The van der Waals surface area contributed by atoms with Crippen molar-refractivity contribution in [1.29, 1.82) is 0 Å². The van der Waals surface area contributed by atoms with Crippen molar-refractivity contribution in [1.82, 2.24) is 0 Å². The molecule has 2 aromatic rings. The number of hydrogen-bond acceptors (Lipinski definition) is 3. The predicted molar refractivity (Wildman–Crippen MR) is 101 cm³/mol. The fraction of sp³-hybridized carbons (Fsp3) is 0.235. The minimum Gasteiger partial charge on any atom is -0.310 e. The van der Waals surface area contributed by atoms with Crippen LogP contribution in [0.2, 0.25) is 10.0 Å². The molecule has 0 bridgehead atoms. The number of halogens is 2. The van der Waals surface area contributed by atoms with E-state index in [0.29, 0.717) is 6.54 Å². The summed E-state index contributed by atoms with van der Waals surface area (Å²) >= 11 is 12.1. The smallest absolute Gasteiger partial charge is 0.247 e. The van der Waals surface area contributed by atoms with Crippen LogP contribution >= 0.6 is 23.2 Å². The Morgan fingerprint density at radius 3 is 2.60 bits per heavy atom. The molecule has 0 saturated carbocycles. The molecule has 0 atom stereocenters. The van der Waals surface area contributed by atoms with Crippen LogP contribution < -0.4 is 9.21 Å². The first-order valence-electron chi connectivity index (χ1n) is 7.59. The van der Waals surface area contributed by atoms with Crippen molar-refractivity contribution in [3.63, 3.8) is 0 Å². The van der Waals surface area contributed by atoms with Crippen LogP contribution in [0.5, 0.6) is 0 Å². The maximum absolute atomic E-state index is 12.8. The van der Waals surface area contributed by atoms with Gasteiger partial charge in [0.25, 0.3) is 0 Å². The number of carbonyl (C=O) groups excluding carboxylic acids is 1. The fourth-order valence-corrected chi connectivity index (χ4v) is 4.17. The van der Waals surface area contributed by atoms with Crippen molar-refractivity contribution in [2.75, 3.05) is 28.6 Å². The molecule has 0 spiro atoms. The van der Waals surface area contributed by atoms with Gasteiger partial charge in [0.1, 0.15) is 6.54 Å². The lowest BCUT2D eigenvalue weighted by atomic mass is 10.2. The molecule has 132 valence electrons. The Labute approximate surface area is 156 Å². The molecular weight excluding hydrogens is 383 g/mol. The van der Waals surface area contributed by atoms with Gasteiger partial charge in [-0.3, -0.25) is 9.10 Å². The van der Waals surface area contributed by atoms with Gasteiger partial charge in [0.05, 0.1) is 22.0 Å². The molecule has 1 aliphatic heterocycles. The lowest BCUT2D eigenvalue weighted by Crippen LogP contribution is -2.42. The largest absolute Gasteiger partial charge is 0.310 e. The predicted octanol–water partition coefficient (Wildman–Crippen LogP) is 3.35. The van der Waals surface area contributed by atoms with Gasteiger partial charge in [-0.2, -0.15) is 0 Å². The van der Waals surface area contributed by atoms with Gasteiger partial charge in [-0.1, -0.05) is 47.5 Å². The zero-order valence-electron chi connectivity index (χ0n) is 13.4. The van der Waals surface area contributed by atoms with Crippen LogP contribution in [0.1, 0.15) is 5.56 Å². The number of nitrogens with zero attached hydrogens (tertiary/aromatic N) is 2.